The number of hydrogen-bond acceptors (Lipinski definition) is 3. The first-order valence-corrected chi connectivity index (χ1v) is 9.58. The zero-order chi connectivity index (χ0) is 16.0. The Kier molecular flexibility index (Phi) is 6.08. The number of nitrogens with zero attached hydrogens (tertiary/aromatic N) is 1. The van der Waals surface area contributed by atoms with E-state index in [1.807, 2.05) is 24.3 Å². The zero-order valence-corrected chi connectivity index (χ0v) is 14.3. The van der Waals surface area contributed by atoms with Crippen molar-refractivity contribution in [2.45, 2.75) is 12.8 Å². The van der Waals surface area contributed by atoms with E-state index in [0.717, 1.165) is 23.4 Å². The largest absolute Gasteiger partial charge is 0.356 e. The first-order chi connectivity index (χ1) is 10.5. The van der Waals surface area contributed by atoms with Gasteiger partial charge in [0.1, 0.15) is 0 Å². The lowest BCUT2D eigenvalue weighted by Gasteiger charge is -2.14. The molecular formula is C15H22ClN3O2S. The molecule has 1 unspecified atom stereocenters. The van der Waals surface area contributed by atoms with Gasteiger partial charge < -0.3 is 10.6 Å². The molecule has 1 aromatic rings. The van der Waals surface area contributed by atoms with Gasteiger partial charge in [-0.2, -0.15) is 0 Å². The molecule has 2 N–H and O–H groups in total. The van der Waals surface area contributed by atoms with E-state index >= 15 is 0 Å². The SMILES string of the molecule is CN=C(NCCc1ccccc1Cl)NCC1CCS(=O)(=O)C1. The van der Waals surface area contributed by atoms with Crippen LogP contribution in [0.25, 0.3) is 0 Å². The Morgan fingerprint density at radius 2 is 2.14 bits per heavy atom. The van der Waals surface area contributed by atoms with Crippen molar-refractivity contribution in [2.75, 3.05) is 31.6 Å². The summed E-state index contributed by atoms with van der Waals surface area (Å²) in [5.41, 5.74) is 1.09. The lowest BCUT2D eigenvalue weighted by atomic mass is 10.1. The second kappa shape index (κ2) is 7.83. The third kappa shape index (κ3) is 5.18. The number of benzene rings is 1. The maximum atomic E-state index is 11.4. The topological polar surface area (TPSA) is 70.6 Å². The molecule has 7 heteroatoms. The van der Waals surface area contributed by atoms with Crippen LogP contribution in [-0.2, 0) is 16.3 Å². The van der Waals surface area contributed by atoms with Crippen molar-refractivity contribution in [3.63, 3.8) is 0 Å². The average Bonchev–Trinajstić information content (AvgIpc) is 2.84. The molecule has 1 aliphatic rings. The highest BCUT2D eigenvalue weighted by atomic mass is 35.5. The third-order valence-electron chi connectivity index (χ3n) is 3.75. The van der Waals surface area contributed by atoms with Crippen LogP contribution in [0.3, 0.4) is 0 Å². The number of rotatable bonds is 5. The minimum atomic E-state index is -2.82. The maximum Gasteiger partial charge on any atom is 0.190 e. The summed E-state index contributed by atoms with van der Waals surface area (Å²) < 4.78 is 22.9. The van der Waals surface area contributed by atoms with Gasteiger partial charge in [0.2, 0.25) is 0 Å². The van der Waals surface area contributed by atoms with Gasteiger partial charge in [-0.05, 0) is 30.4 Å². The van der Waals surface area contributed by atoms with Crippen LogP contribution in [0.4, 0.5) is 0 Å². The number of sulfone groups is 1. The molecule has 0 amide bonds. The van der Waals surface area contributed by atoms with Gasteiger partial charge in [0.05, 0.1) is 11.5 Å². The van der Waals surface area contributed by atoms with Crippen molar-refractivity contribution in [3.05, 3.63) is 34.9 Å². The van der Waals surface area contributed by atoms with Crippen molar-refractivity contribution < 1.29 is 8.42 Å². The van der Waals surface area contributed by atoms with Crippen LogP contribution in [0, 0.1) is 5.92 Å². The minimum absolute atomic E-state index is 0.173. The minimum Gasteiger partial charge on any atom is -0.356 e. The Labute approximate surface area is 137 Å². The Balaban J connectivity index is 1.73. The van der Waals surface area contributed by atoms with Gasteiger partial charge in [-0.1, -0.05) is 29.8 Å². The molecule has 0 saturated carbocycles. The predicted octanol–water partition coefficient (Wildman–Crippen LogP) is 1.48. The summed E-state index contributed by atoms with van der Waals surface area (Å²) in [6.07, 6.45) is 1.53. The Morgan fingerprint density at radius 3 is 2.77 bits per heavy atom. The zero-order valence-electron chi connectivity index (χ0n) is 12.7. The molecular weight excluding hydrogens is 322 g/mol. The van der Waals surface area contributed by atoms with Gasteiger partial charge in [-0.15, -0.1) is 0 Å². The van der Waals surface area contributed by atoms with E-state index in [-0.39, 0.29) is 11.7 Å². The highest BCUT2D eigenvalue weighted by Gasteiger charge is 2.27. The summed E-state index contributed by atoms with van der Waals surface area (Å²) in [7, 11) is -1.12. The summed E-state index contributed by atoms with van der Waals surface area (Å²) in [5, 5.41) is 7.18. The Bertz CT molecular complexity index is 631. The first kappa shape index (κ1) is 17.1. The van der Waals surface area contributed by atoms with E-state index in [0.29, 0.717) is 24.8 Å². The molecule has 0 aromatic heterocycles. The second-order valence-electron chi connectivity index (χ2n) is 5.49. The van der Waals surface area contributed by atoms with Crippen LogP contribution >= 0.6 is 11.6 Å². The summed E-state index contributed by atoms with van der Waals surface area (Å²) in [4.78, 5) is 4.15. The van der Waals surface area contributed by atoms with Gasteiger partial charge in [0.15, 0.2) is 15.8 Å². The molecule has 1 atom stereocenters. The summed E-state index contributed by atoms with van der Waals surface area (Å²) in [6.45, 7) is 1.34. The van der Waals surface area contributed by atoms with Crippen LogP contribution in [0.5, 0.6) is 0 Å². The molecule has 1 aromatic carbocycles. The van der Waals surface area contributed by atoms with Crippen LogP contribution in [0.2, 0.25) is 5.02 Å². The molecule has 1 heterocycles. The summed E-state index contributed by atoms with van der Waals surface area (Å²) in [6, 6.07) is 7.76. The predicted molar refractivity (Wildman–Crippen MR) is 91.3 cm³/mol. The van der Waals surface area contributed by atoms with Gasteiger partial charge >= 0.3 is 0 Å². The molecule has 1 aliphatic heterocycles. The monoisotopic (exact) mass is 343 g/mol. The molecule has 0 spiro atoms. The van der Waals surface area contributed by atoms with Gasteiger partial charge in [-0.25, -0.2) is 8.42 Å². The molecule has 0 aliphatic carbocycles. The maximum absolute atomic E-state index is 11.4. The summed E-state index contributed by atoms with van der Waals surface area (Å²) >= 11 is 6.12. The molecule has 0 radical (unpaired) electrons. The van der Waals surface area contributed by atoms with Crippen molar-refractivity contribution in [2.24, 2.45) is 10.9 Å². The van der Waals surface area contributed by atoms with E-state index in [2.05, 4.69) is 15.6 Å². The average molecular weight is 344 g/mol. The lowest BCUT2D eigenvalue weighted by Crippen LogP contribution is -2.40. The van der Waals surface area contributed by atoms with Gasteiger partial charge in [0, 0.05) is 25.2 Å². The molecule has 122 valence electrons. The quantitative estimate of drug-likeness (QED) is 0.627. The van der Waals surface area contributed by atoms with Crippen LogP contribution in [0.1, 0.15) is 12.0 Å². The standard InChI is InChI=1S/C15H22ClN3O2S/c1-17-15(19-10-12-7-9-22(20,21)11-12)18-8-6-13-4-2-3-5-14(13)16/h2-5,12H,6-11H2,1H3,(H2,17,18,19). The van der Waals surface area contributed by atoms with Crippen molar-refractivity contribution in [1.82, 2.24) is 10.6 Å². The van der Waals surface area contributed by atoms with Crippen molar-refractivity contribution in [3.8, 4) is 0 Å². The molecule has 5 nitrogen and oxygen atoms in total. The summed E-state index contributed by atoms with van der Waals surface area (Å²) in [5.74, 6) is 1.44. The van der Waals surface area contributed by atoms with E-state index < -0.39 is 9.84 Å². The number of nitrogens with one attached hydrogen (secondary N) is 2. The van der Waals surface area contributed by atoms with Crippen LogP contribution in [-0.4, -0.2) is 46.0 Å². The first-order valence-electron chi connectivity index (χ1n) is 7.38. The van der Waals surface area contributed by atoms with Crippen LogP contribution < -0.4 is 10.6 Å². The fourth-order valence-electron chi connectivity index (χ4n) is 2.51. The molecule has 1 saturated heterocycles. The highest BCUT2D eigenvalue weighted by molar-refractivity contribution is 7.91. The fraction of sp³-hybridized carbons (Fsp3) is 0.533. The third-order valence-corrected chi connectivity index (χ3v) is 5.96. The van der Waals surface area contributed by atoms with Crippen molar-refractivity contribution in [1.29, 1.82) is 0 Å². The smallest absolute Gasteiger partial charge is 0.190 e. The molecule has 22 heavy (non-hydrogen) atoms. The highest BCUT2D eigenvalue weighted by Crippen LogP contribution is 2.17. The van der Waals surface area contributed by atoms with E-state index in [1.165, 1.54) is 0 Å². The second-order valence-corrected chi connectivity index (χ2v) is 8.13. The van der Waals surface area contributed by atoms with Gasteiger partial charge in [0.25, 0.3) is 0 Å². The Morgan fingerprint density at radius 1 is 1.36 bits per heavy atom. The van der Waals surface area contributed by atoms with Gasteiger partial charge in [-0.3, -0.25) is 4.99 Å². The molecule has 0 bridgehead atoms. The molecule has 1 fully saturated rings. The van der Waals surface area contributed by atoms with E-state index in [1.54, 1.807) is 7.05 Å². The fourth-order valence-corrected chi connectivity index (χ4v) is 4.60. The number of aliphatic imine (C=N–C) groups is 1. The number of hydrogen-bond donors (Lipinski definition) is 2. The van der Waals surface area contributed by atoms with Crippen LogP contribution in [0.15, 0.2) is 29.3 Å². The van der Waals surface area contributed by atoms with Crippen molar-refractivity contribution >= 4 is 27.4 Å². The number of halogens is 1. The number of guanidine groups is 1. The van der Waals surface area contributed by atoms with E-state index in [9.17, 15) is 8.42 Å². The van der Waals surface area contributed by atoms with E-state index in [4.69, 9.17) is 11.6 Å². The lowest BCUT2D eigenvalue weighted by molar-refractivity contribution is 0.567. The normalized spacial score (nSPS) is 20.8. The Hall–Kier alpha value is -1.27. The molecule has 2 rings (SSSR count).